The topological polar surface area (TPSA) is 3.24 Å². The Labute approximate surface area is 81.1 Å². The van der Waals surface area contributed by atoms with Crippen molar-refractivity contribution in [1.82, 2.24) is 4.90 Å². The molecule has 1 saturated heterocycles. The van der Waals surface area contributed by atoms with Crippen LogP contribution in [0.4, 0.5) is 0 Å². The number of nitrogens with zero attached hydrogens (tertiary/aromatic N) is 1. The Morgan fingerprint density at radius 3 is 2.50 bits per heavy atom. The van der Waals surface area contributed by atoms with Gasteiger partial charge in [0.2, 0.25) is 0 Å². The lowest BCUT2D eigenvalue weighted by Crippen LogP contribution is -2.34. The van der Waals surface area contributed by atoms with Crippen LogP contribution in [0.1, 0.15) is 27.2 Å². The zero-order chi connectivity index (χ0) is 9.14. The molecule has 0 aromatic rings. The van der Waals surface area contributed by atoms with E-state index in [1.807, 2.05) is 0 Å². The fourth-order valence-electron chi connectivity index (χ4n) is 1.78. The third-order valence-electron chi connectivity index (χ3n) is 3.08. The molecular formula is C10H20ClN. The molecular weight excluding hydrogens is 170 g/mol. The molecule has 1 rings (SSSR count). The van der Waals surface area contributed by atoms with Gasteiger partial charge in [0.25, 0.3) is 0 Å². The molecule has 12 heavy (non-hydrogen) atoms. The predicted octanol–water partition coefficient (Wildman–Crippen LogP) is 2.59. The molecule has 72 valence electrons. The van der Waals surface area contributed by atoms with E-state index >= 15 is 0 Å². The number of rotatable bonds is 3. The molecule has 0 aromatic heterocycles. The van der Waals surface area contributed by atoms with Crippen molar-refractivity contribution >= 4 is 11.6 Å². The highest BCUT2D eigenvalue weighted by Gasteiger charge is 2.26. The van der Waals surface area contributed by atoms with Crippen LogP contribution >= 0.6 is 11.6 Å². The summed E-state index contributed by atoms with van der Waals surface area (Å²) in [5.74, 6) is 2.34. The smallest absolute Gasteiger partial charge is 0.0264 e. The first-order chi connectivity index (χ1) is 5.65. The fourth-order valence-corrected chi connectivity index (χ4v) is 2.03. The van der Waals surface area contributed by atoms with Gasteiger partial charge in [-0.2, -0.15) is 0 Å². The molecule has 0 amide bonds. The number of hydrogen-bond acceptors (Lipinski definition) is 1. The molecule has 0 bridgehead atoms. The molecule has 1 fully saturated rings. The average molecular weight is 190 g/mol. The van der Waals surface area contributed by atoms with Crippen molar-refractivity contribution in [3.8, 4) is 0 Å². The molecule has 0 radical (unpaired) electrons. The number of alkyl halides is 1. The normalized spacial score (nSPS) is 28.2. The van der Waals surface area contributed by atoms with Crippen LogP contribution < -0.4 is 0 Å². The fraction of sp³-hybridized carbons (Fsp3) is 1.00. The summed E-state index contributed by atoms with van der Waals surface area (Å²) >= 11 is 5.83. The van der Waals surface area contributed by atoms with Gasteiger partial charge in [-0.15, -0.1) is 11.6 Å². The van der Waals surface area contributed by atoms with Crippen LogP contribution in [0.5, 0.6) is 0 Å². The van der Waals surface area contributed by atoms with Gasteiger partial charge in [-0.3, -0.25) is 0 Å². The lowest BCUT2D eigenvalue weighted by molar-refractivity contribution is 0.202. The highest BCUT2D eigenvalue weighted by molar-refractivity contribution is 6.18. The van der Waals surface area contributed by atoms with E-state index in [0.717, 1.165) is 23.8 Å². The quantitative estimate of drug-likeness (QED) is 0.617. The number of hydrogen-bond donors (Lipinski definition) is 0. The first-order valence-electron chi connectivity index (χ1n) is 4.95. The highest BCUT2D eigenvalue weighted by atomic mass is 35.5. The van der Waals surface area contributed by atoms with Gasteiger partial charge >= 0.3 is 0 Å². The Hall–Kier alpha value is 0.250. The van der Waals surface area contributed by atoms with E-state index in [2.05, 4.69) is 25.7 Å². The van der Waals surface area contributed by atoms with Crippen molar-refractivity contribution < 1.29 is 0 Å². The van der Waals surface area contributed by atoms with Crippen molar-refractivity contribution in [2.45, 2.75) is 33.2 Å². The van der Waals surface area contributed by atoms with E-state index in [1.165, 1.54) is 19.5 Å². The largest absolute Gasteiger partial charge is 0.300 e. The maximum atomic E-state index is 5.83. The minimum Gasteiger partial charge on any atom is -0.300 e. The Morgan fingerprint density at radius 2 is 2.08 bits per heavy atom. The lowest BCUT2D eigenvalue weighted by atomic mass is 10.1. The molecule has 1 nitrogen and oxygen atoms in total. The van der Waals surface area contributed by atoms with E-state index in [9.17, 15) is 0 Å². The van der Waals surface area contributed by atoms with E-state index in [4.69, 9.17) is 11.6 Å². The summed E-state index contributed by atoms with van der Waals surface area (Å²) in [6.07, 6.45) is 1.29. The Balaban J connectivity index is 2.35. The Kier molecular flexibility index (Phi) is 3.85. The molecule has 1 aliphatic heterocycles. The molecule has 1 aliphatic rings. The van der Waals surface area contributed by atoms with Crippen molar-refractivity contribution in [3.05, 3.63) is 0 Å². The summed E-state index contributed by atoms with van der Waals surface area (Å²) in [6, 6.07) is 0.721. The second-order valence-electron chi connectivity index (χ2n) is 4.29. The molecule has 2 unspecified atom stereocenters. The van der Waals surface area contributed by atoms with Crippen molar-refractivity contribution in [2.24, 2.45) is 11.8 Å². The summed E-state index contributed by atoms with van der Waals surface area (Å²) in [4.78, 5) is 2.57. The lowest BCUT2D eigenvalue weighted by Gasteiger charge is -2.27. The predicted molar refractivity (Wildman–Crippen MR) is 54.7 cm³/mol. The summed E-state index contributed by atoms with van der Waals surface area (Å²) in [7, 11) is 0. The molecule has 0 saturated carbocycles. The molecule has 0 aliphatic carbocycles. The van der Waals surface area contributed by atoms with Crippen LogP contribution in [-0.2, 0) is 0 Å². The zero-order valence-corrected chi connectivity index (χ0v) is 9.14. The van der Waals surface area contributed by atoms with E-state index in [1.54, 1.807) is 0 Å². The van der Waals surface area contributed by atoms with Crippen LogP contribution in [0.3, 0.4) is 0 Å². The standard InChI is InChI=1S/C10H20ClN/c1-8(2)9(3)12-5-4-10(6-11)7-12/h8-10H,4-7H2,1-3H3. The monoisotopic (exact) mass is 189 g/mol. The molecule has 0 aromatic carbocycles. The van der Waals surface area contributed by atoms with Gasteiger partial charge in [0, 0.05) is 18.5 Å². The van der Waals surface area contributed by atoms with Gasteiger partial charge in [0.05, 0.1) is 0 Å². The molecule has 0 spiro atoms. The first kappa shape index (κ1) is 10.3. The Morgan fingerprint density at radius 1 is 1.42 bits per heavy atom. The van der Waals surface area contributed by atoms with E-state index in [0.29, 0.717) is 0 Å². The number of halogens is 1. The third kappa shape index (κ3) is 2.37. The van der Waals surface area contributed by atoms with Gasteiger partial charge in [0.1, 0.15) is 0 Å². The van der Waals surface area contributed by atoms with Crippen molar-refractivity contribution in [1.29, 1.82) is 0 Å². The van der Waals surface area contributed by atoms with Gasteiger partial charge in [-0.1, -0.05) is 13.8 Å². The van der Waals surface area contributed by atoms with Crippen LogP contribution in [0.15, 0.2) is 0 Å². The van der Waals surface area contributed by atoms with Crippen LogP contribution in [0, 0.1) is 11.8 Å². The second kappa shape index (κ2) is 4.48. The van der Waals surface area contributed by atoms with Crippen molar-refractivity contribution in [3.63, 3.8) is 0 Å². The maximum Gasteiger partial charge on any atom is 0.0264 e. The zero-order valence-electron chi connectivity index (χ0n) is 8.39. The van der Waals surface area contributed by atoms with Gasteiger partial charge in [-0.05, 0) is 31.7 Å². The van der Waals surface area contributed by atoms with Crippen LogP contribution in [0.2, 0.25) is 0 Å². The van der Waals surface area contributed by atoms with Crippen molar-refractivity contribution in [2.75, 3.05) is 19.0 Å². The van der Waals surface area contributed by atoms with Crippen LogP contribution in [0.25, 0.3) is 0 Å². The summed E-state index contributed by atoms with van der Waals surface area (Å²) in [5.41, 5.74) is 0. The first-order valence-corrected chi connectivity index (χ1v) is 5.48. The maximum absolute atomic E-state index is 5.83. The molecule has 2 heteroatoms. The van der Waals surface area contributed by atoms with Gasteiger partial charge in [-0.25, -0.2) is 0 Å². The molecule has 2 atom stereocenters. The highest BCUT2D eigenvalue weighted by Crippen LogP contribution is 2.22. The van der Waals surface area contributed by atoms with E-state index < -0.39 is 0 Å². The minimum atomic E-state index is 0.721. The summed E-state index contributed by atoms with van der Waals surface area (Å²) in [6.45, 7) is 9.36. The summed E-state index contributed by atoms with van der Waals surface area (Å²) in [5, 5.41) is 0. The van der Waals surface area contributed by atoms with Crippen LogP contribution in [-0.4, -0.2) is 29.9 Å². The average Bonchev–Trinajstić information content (AvgIpc) is 2.50. The molecule has 1 heterocycles. The third-order valence-corrected chi connectivity index (χ3v) is 3.51. The number of likely N-dealkylation sites (tertiary alicyclic amines) is 1. The SMILES string of the molecule is CC(C)C(C)N1CCC(CCl)C1. The van der Waals surface area contributed by atoms with Gasteiger partial charge in [0.15, 0.2) is 0 Å². The summed E-state index contributed by atoms with van der Waals surface area (Å²) < 4.78 is 0. The van der Waals surface area contributed by atoms with Gasteiger partial charge < -0.3 is 4.90 Å². The second-order valence-corrected chi connectivity index (χ2v) is 4.60. The van der Waals surface area contributed by atoms with E-state index in [-0.39, 0.29) is 0 Å². The Bertz CT molecular complexity index is 136. The minimum absolute atomic E-state index is 0.721. The molecule has 0 N–H and O–H groups in total.